The van der Waals surface area contributed by atoms with Crippen molar-refractivity contribution in [1.82, 2.24) is 4.90 Å². The van der Waals surface area contributed by atoms with E-state index in [1.54, 1.807) is 11.1 Å². The molecule has 1 aromatic rings. The standard InChI is InChI=1S/C22H21N3O4/c26-22(27)20-14-19-15-25(20)12-11-23-16-28-13-7-3-1-2-4-8-18-9-5-6-10-21(18)29-17-24-19/h1-12,14,16H,13,15,17H2,(H,26,27). The van der Waals surface area contributed by atoms with Gasteiger partial charge in [0.2, 0.25) is 0 Å². The highest BCUT2D eigenvalue weighted by Crippen LogP contribution is 2.20. The molecule has 7 nitrogen and oxygen atoms in total. The van der Waals surface area contributed by atoms with Crippen LogP contribution in [0, 0.1) is 0 Å². The van der Waals surface area contributed by atoms with Crippen LogP contribution in [0.4, 0.5) is 0 Å². The molecule has 1 aromatic carbocycles. The third-order valence-electron chi connectivity index (χ3n) is 3.98. The molecule has 0 atom stereocenters. The van der Waals surface area contributed by atoms with E-state index in [1.165, 1.54) is 18.7 Å². The normalized spacial score (nSPS) is 17.0. The molecule has 2 aliphatic rings. The largest absolute Gasteiger partial charge is 0.479 e. The highest BCUT2D eigenvalue weighted by molar-refractivity contribution is 6.06. The number of benzene rings is 1. The molecule has 1 N–H and O–H groups in total. The van der Waals surface area contributed by atoms with Gasteiger partial charge in [-0.1, -0.05) is 48.6 Å². The molecule has 0 unspecified atom stereocenters. The maximum Gasteiger partial charge on any atom is 0.352 e. The minimum atomic E-state index is -1.03. The Morgan fingerprint density at radius 3 is 2.90 bits per heavy atom. The second-order valence-electron chi connectivity index (χ2n) is 5.98. The van der Waals surface area contributed by atoms with Crippen molar-refractivity contribution in [2.24, 2.45) is 9.98 Å². The van der Waals surface area contributed by atoms with E-state index in [0.717, 1.165) is 5.56 Å². The molecule has 0 amide bonds. The fourth-order valence-corrected chi connectivity index (χ4v) is 2.61. The zero-order chi connectivity index (χ0) is 20.3. The highest BCUT2D eigenvalue weighted by atomic mass is 16.5. The predicted octanol–water partition coefficient (Wildman–Crippen LogP) is 3.40. The maximum atomic E-state index is 11.5. The SMILES string of the molecule is O=C(O)C1=CC2=NCOc3ccccc3C=CC=CC=CCOC=NC=CN1C2. The molecular formula is C22H21N3O4. The van der Waals surface area contributed by atoms with Crippen LogP contribution in [0.25, 0.3) is 6.08 Å². The Kier molecular flexibility index (Phi) is 7.17. The van der Waals surface area contributed by atoms with Crippen molar-refractivity contribution in [2.45, 2.75) is 0 Å². The van der Waals surface area contributed by atoms with Crippen LogP contribution in [-0.4, -0.2) is 48.0 Å². The van der Waals surface area contributed by atoms with Crippen molar-refractivity contribution in [3.63, 3.8) is 0 Å². The van der Waals surface area contributed by atoms with E-state index in [0.29, 0.717) is 24.6 Å². The summed E-state index contributed by atoms with van der Waals surface area (Å²) in [6.07, 6.45) is 17.3. The number of fused-ring (bicyclic) bond motifs is 3. The first-order chi connectivity index (χ1) is 14.2. The summed E-state index contributed by atoms with van der Waals surface area (Å²) in [6.45, 7) is 0.793. The van der Waals surface area contributed by atoms with Gasteiger partial charge in [-0.25, -0.2) is 14.8 Å². The number of aliphatic carboxylic acids is 1. The molecule has 0 fully saturated rings. The van der Waals surface area contributed by atoms with Crippen molar-refractivity contribution in [3.05, 3.63) is 84.4 Å². The zero-order valence-electron chi connectivity index (χ0n) is 15.7. The number of rotatable bonds is 1. The molecule has 148 valence electrons. The van der Waals surface area contributed by atoms with Crippen molar-refractivity contribution in [1.29, 1.82) is 0 Å². The minimum absolute atomic E-state index is 0.0890. The van der Waals surface area contributed by atoms with E-state index >= 15 is 0 Å². The van der Waals surface area contributed by atoms with Crippen LogP contribution in [0.1, 0.15) is 5.56 Å². The van der Waals surface area contributed by atoms with E-state index in [-0.39, 0.29) is 12.4 Å². The average Bonchev–Trinajstić information content (AvgIpc) is 3.12. The van der Waals surface area contributed by atoms with Crippen LogP contribution in [-0.2, 0) is 9.53 Å². The quantitative estimate of drug-likeness (QED) is 0.793. The smallest absolute Gasteiger partial charge is 0.352 e. The number of carboxylic acids is 1. The van der Waals surface area contributed by atoms with Crippen molar-refractivity contribution >= 4 is 24.2 Å². The first-order valence-corrected chi connectivity index (χ1v) is 9.00. The number of carbonyl (C=O) groups is 1. The number of hydrogen-bond donors (Lipinski definition) is 1. The Morgan fingerprint density at radius 1 is 1.14 bits per heavy atom. The summed E-state index contributed by atoms with van der Waals surface area (Å²) in [7, 11) is 0. The topological polar surface area (TPSA) is 83.7 Å². The third-order valence-corrected chi connectivity index (χ3v) is 3.98. The second kappa shape index (κ2) is 10.5. The van der Waals surface area contributed by atoms with Gasteiger partial charge in [0.25, 0.3) is 0 Å². The summed E-state index contributed by atoms with van der Waals surface area (Å²) in [5.74, 6) is -0.334. The van der Waals surface area contributed by atoms with Crippen LogP contribution in [0.3, 0.4) is 0 Å². The van der Waals surface area contributed by atoms with Gasteiger partial charge in [-0.15, -0.1) is 0 Å². The van der Waals surface area contributed by atoms with E-state index in [2.05, 4.69) is 9.98 Å². The summed E-state index contributed by atoms with van der Waals surface area (Å²) in [5, 5.41) is 9.39. The van der Waals surface area contributed by atoms with E-state index in [9.17, 15) is 9.90 Å². The molecule has 0 radical (unpaired) electrons. The molecule has 2 bridgehead atoms. The summed E-state index contributed by atoms with van der Waals surface area (Å²) in [6, 6.07) is 7.64. The van der Waals surface area contributed by atoms with Gasteiger partial charge in [-0.2, -0.15) is 0 Å². The summed E-state index contributed by atoms with van der Waals surface area (Å²) in [5.41, 5.74) is 1.66. The molecule has 2 aliphatic heterocycles. The van der Waals surface area contributed by atoms with E-state index in [1.807, 2.05) is 60.7 Å². The summed E-state index contributed by atoms with van der Waals surface area (Å²) >= 11 is 0. The van der Waals surface area contributed by atoms with Crippen LogP contribution in [0.2, 0.25) is 0 Å². The lowest BCUT2D eigenvalue weighted by atomic mass is 10.2. The number of para-hydroxylation sites is 1. The molecular weight excluding hydrogens is 370 g/mol. The average molecular weight is 391 g/mol. The van der Waals surface area contributed by atoms with Gasteiger partial charge in [-0.05, 0) is 18.2 Å². The Labute approximate surface area is 169 Å². The predicted molar refractivity (Wildman–Crippen MR) is 113 cm³/mol. The molecule has 0 saturated carbocycles. The number of aliphatic imine (C=N–C) groups is 2. The Hall–Kier alpha value is -3.87. The Morgan fingerprint density at radius 2 is 2.00 bits per heavy atom. The molecule has 2 heterocycles. The minimum Gasteiger partial charge on any atom is -0.479 e. The Balaban J connectivity index is 1.82. The van der Waals surface area contributed by atoms with Crippen LogP contribution < -0.4 is 4.74 Å². The van der Waals surface area contributed by atoms with Gasteiger partial charge in [-0.3, -0.25) is 0 Å². The lowest BCUT2D eigenvalue weighted by molar-refractivity contribution is -0.133. The monoisotopic (exact) mass is 391 g/mol. The lowest BCUT2D eigenvalue weighted by Crippen LogP contribution is -2.20. The third kappa shape index (κ3) is 6.07. The molecule has 29 heavy (non-hydrogen) atoms. The van der Waals surface area contributed by atoms with Crippen molar-refractivity contribution in [2.75, 3.05) is 19.9 Å². The van der Waals surface area contributed by atoms with Crippen molar-refractivity contribution < 1.29 is 19.4 Å². The molecule has 0 aliphatic carbocycles. The molecule has 0 aromatic heterocycles. The molecule has 0 saturated heterocycles. The highest BCUT2D eigenvalue weighted by Gasteiger charge is 2.23. The van der Waals surface area contributed by atoms with Gasteiger partial charge in [0.1, 0.15) is 18.1 Å². The van der Waals surface area contributed by atoms with E-state index < -0.39 is 5.97 Å². The number of allylic oxidation sites excluding steroid dienone is 4. The van der Waals surface area contributed by atoms with Gasteiger partial charge >= 0.3 is 5.97 Å². The fourth-order valence-electron chi connectivity index (χ4n) is 2.61. The van der Waals surface area contributed by atoms with Gasteiger partial charge in [0, 0.05) is 18.0 Å². The molecule has 7 heteroatoms. The first kappa shape index (κ1) is 19.9. The van der Waals surface area contributed by atoms with Crippen molar-refractivity contribution in [3.8, 4) is 5.75 Å². The molecule has 0 spiro atoms. The second-order valence-corrected chi connectivity index (χ2v) is 5.98. The van der Waals surface area contributed by atoms with Gasteiger partial charge < -0.3 is 19.5 Å². The number of ether oxygens (including phenoxy) is 2. The van der Waals surface area contributed by atoms with E-state index in [4.69, 9.17) is 9.47 Å². The van der Waals surface area contributed by atoms with Crippen LogP contribution in [0.5, 0.6) is 5.75 Å². The summed E-state index contributed by atoms with van der Waals surface area (Å²) < 4.78 is 11.0. The van der Waals surface area contributed by atoms with Gasteiger partial charge in [0.05, 0.1) is 12.3 Å². The maximum absolute atomic E-state index is 11.5. The zero-order valence-corrected chi connectivity index (χ0v) is 15.7. The lowest BCUT2D eigenvalue weighted by Gasteiger charge is -2.13. The molecule has 3 rings (SSSR count). The number of hydrogen-bond acceptors (Lipinski definition) is 6. The Bertz CT molecular complexity index is 939. The number of nitrogens with zero attached hydrogens (tertiary/aromatic N) is 3. The fraction of sp³-hybridized carbons (Fsp3) is 0.136. The van der Waals surface area contributed by atoms with Crippen LogP contribution in [0.15, 0.2) is 88.8 Å². The number of carboxylic acid groups (broad SMARTS) is 1. The van der Waals surface area contributed by atoms with Crippen LogP contribution >= 0.6 is 0 Å². The summed E-state index contributed by atoms with van der Waals surface area (Å²) in [4.78, 5) is 21.4. The first-order valence-electron chi connectivity index (χ1n) is 9.00. The van der Waals surface area contributed by atoms with Gasteiger partial charge in [0.15, 0.2) is 13.1 Å².